The van der Waals surface area contributed by atoms with Gasteiger partial charge in [0, 0.05) is 49.4 Å². The van der Waals surface area contributed by atoms with Gasteiger partial charge in [0.25, 0.3) is 0 Å². The van der Waals surface area contributed by atoms with Crippen LogP contribution < -0.4 is 25.1 Å². The molecular formula is C83H67N3O2Si2. The first kappa shape index (κ1) is 54.0. The fourth-order valence-electron chi connectivity index (χ4n) is 15.3. The Bertz CT molecular complexity index is 5120. The van der Waals surface area contributed by atoms with Crippen molar-refractivity contribution in [2.24, 2.45) is 0 Å². The zero-order chi connectivity index (χ0) is 60.9. The number of fused-ring (bicyclic) bond motifs is 19. The van der Waals surface area contributed by atoms with Crippen LogP contribution in [0.25, 0.3) is 76.5 Å². The molecule has 0 N–H and O–H groups in total. The summed E-state index contributed by atoms with van der Waals surface area (Å²) < 4.78 is 14.4. The first-order valence-corrected chi connectivity index (χ1v) is 38.6. The van der Waals surface area contributed by atoms with Gasteiger partial charge in [0.15, 0.2) is 11.2 Å². The number of para-hydroxylation sites is 7. The minimum absolute atomic E-state index is 0.855. The molecule has 1 spiro atoms. The van der Waals surface area contributed by atoms with Gasteiger partial charge in [-0.3, -0.25) is 0 Å². The standard InChI is InChI=1S/C83H67N3O2Si2/c1-52-24-20-32-63-65-34-22-40-73(81(65)87-79(52)63)85(55-42-46-57(47-43-55)89(3,4)5)75-50-69-77(61-30-14-12-28-59(61)75)78-62-31-15-13-29-60(62)76(51-70(78)83(69)67-36-16-18-38-71(67)84(54-26-10-9-11-27-54)72-39-19-17-37-68(72)83)86(56-44-48-58(49-45-56)90(6,7)8)74-41-23-35-66-64-33-21-25-53(2)80(64)88-82(66)74/h9-51H,1-8H3. The lowest BCUT2D eigenvalue weighted by Crippen LogP contribution is -2.37. The van der Waals surface area contributed by atoms with Crippen molar-refractivity contribution in [2.45, 2.75) is 58.5 Å². The molecule has 0 saturated heterocycles. The monoisotopic (exact) mass is 1190 g/mol. The third kappa shape index (κ3) is 7.85. The molecule has 5 nitrogen and oxygen atoms in total. The lowest BCUT2D eigenvalue weighted by Gasteiger charge is -2.45. The van der Waals surface area contributed by atoms with E-state index >= 15 is 0 Å². The minimum atomic E-state index is -1.70. The fraction of sp³-hybridized carbons (Fsp3) is 0.108. The van der Waals surface area contributed by atoms with Gasteiger partial charge < -0.3 is 23.5 Å². The highest BCUT2D eigenvalue weighted by molar-refractivity contribution is 6.89. The summed E-state index contributed by atoms with van der Waals surface area (Å²) >= 11 is 0. The van der Waals surface area contributed by atoms with Gasteiger partial charge in [-0.2, -0.15) is 0 Å². The Kier molecular flexibility index (Phi) is 11.9. The smallest absolute Gasteiger partial charge is 0.159 e. The lowest BCUT2D eigenvalue weighted by molar-refractivity contribution is 0.665. The van der Waals surface area contributed by atoms with Crippen LogP contribution in [0.2, 0.25) is 39.3 Å². The van der Waals surface area contributed by atoms with Gasteiger partial charge in [-0.05, 0) is 142 Å². The zero-order valence-electron chi connectivity index (χ0n) is 52.0. The van der Waals surface area contributed by atoms with Gasteiger partial charge in [-0.15, -0.1) is 0 Å². The number of anilines is 9. The highest BCUT2D eigenvalue weighted by atomic mass is 28.3. The number of aryl methyl sites for hydroxylation is 2. The zero-order valence-corrected chi connectivity index (χ0v) is 54.0. The minimum Gasteiger partial charge on any atom is -0.454 e. The summed E-state index contributed by atoms with van der Waals surface area (Å²) in [7, 11) is -3.40. The molecule has 0 fully saturated rings. The molecule has 0 amide bonds. The number of nitrogens with zero attached hydrogens (tertiary/aromatic N) is 3. The van der Waals surface area contributed by atoms with Gasteiger partial charge in [-0.25, -0.2) is 0 Å². The van der Waals surface area contributed by atoms with E-state index in [9.17, 15) is 0 Å². The van der Waals surface area contributed by atoms with Crippen molar-refractivity contribution < 1.29 is 8.83 Å². The molecule has 0 radical (unpaired) electrons. The molecule has 0 atom stereocenters. The maximum atomic E-state index is 7.21. The second-order valence-electron chi connectivity index (χ2n) is 26.9. The summed E-state index contributed by atoms with van der Waals surface area (Å²) in [6.07, 6.45) is 0. The van der Waals surface area contributed by atoms with E-state index in [1.54, 1.807) is 0 Å². The van der Waals surface area contributed by atoms with Crippen LogP contribution in [0.1, 0.15) is 33.4 Å². The second kappa shape index (κ2) is 19.9. The topological polar surface area (TPSA) is 36.0 Å². The summed E-state index contributed by atoms with van der Waals surface area (Å²) in [4.78, 5) is 7.51. The molecule has 13 aromatic carbocycles. The fourth-order valence-corrected chi connectivity index (χ4v) is 17.7. The molecule has 7 heteroatoms. The molecular weight excluding hydrogens is 1130 g/mol. The Balaban J connectivity index is 1.04. The van der Waals surface area contributed by atoms with Crippen LogP contribution in [0, 0.1) is 13.8 Å². The van der Waals surface area contributed by atoms with E-state index in [-0.39, 0.29) is 0 Å². The van der Waals surface area contributed by atoms with Gasteiger partial charge >= 0.3 is 0 Å². The number of rotatable bonds is 9. The first-order chi connectivity index (χ1) is 43.8. The summed E-state index contributed by atoms with van der Waals surface area (Å²) in [6.45, 7) is 18.9. The Morgan fingerprint density at radius 3 is 1.09 bits per heavy atom. The lowest BCUT2D eigenvalue weighted by atomic mass is 9.64. The molecule has 90 heavy (non-hydrogen) atoms. The maximum absolute atomic E-state index is 7.21. The van der Waals surface area contributed by atoms with Crippen molar-refractivity contribution >= 4 is 143 Å². The first-order valence-electron chi connectivity index (χ1n) is 31.6. The van der Waals surface area contributed by atoms with Gasteiger partial charge in [0.1, 0.15) is 11.2 Å². The van der Waals surface area contributed by atoms with Crippen molar-refractivity contribution in [3.8, 4) is 11.1 Å². The molecule has 15 aromatic rings. The van der Waals surface area contributed by atoms with Crippen LogP contribution >= 0.6 is 0 Å². The van der Waals surface area contributed by atoms with E-state index in [4.69, 9.17) is 8.83 Å². The van der Waals surface area contributed by atoms with Crippen LogP contribution in [-0.4, -0.2) is 16.1 Å². The Hall–Kier alpha value is -10.2. The molecule has 0 unspecified atom stereocenters. The highest BCUT2D eigenvalue weighted by Gasteiger charge is 2.54. The van der Waals surface area contributed by atoms with Gasteiger partial charge in [0.2, 0.25) is 0 Å². The third-order valence-corrected chi connectivity index (χ3v) is 23.7. The molecule has 2 aromatic heterocycles. The van der Waals surface area contributed by atoms with E-state index in [1.165, 1.54) is 54.5 Å². The van der Waals surface area contributed by atoms with Gasteiger partial charge in [-0.1, -0.05) is 238 Å². The number of furan rings is 2. The van der Waals surface area contributed by atoms with Crippen molar-refractivity contribution in [2.75, 3.05) is 14.7 Å². The van der Waals surface area contributed by atoms with Crippen LogP contribution in [0.15, 0.2) is 270 Å². The molecule has 1 aliphatic carbocycles. The van der Waals surface area contributed by atoms with Crippen molar-refractivity contribution in [3.05, 3.63) is 294 Å². The van der Waals surface area contributed by atoms with Gasteiger partial charge in [0.05, 0.1) is 55.7 Å². The molecule has 17 rings (SSSR count). The Morgan fingerprint density at radius 2 is 0.667 bits per heavy atom. The highest BCUT2D eigenvalue weighted by Crippen LogP contribution is 2.67. The second-order valence-corrected chi connectivity index (χ2v) is 37.0. The predicted molar refractivity (Wildman–Crippen MR) is 386 cm³/mol. The normalized spacial score (nSPS) is 13.4. The Labute approximate surface area is 527 Å². The molecule has 2 aliphatic rings. The predicted octanol–water partition coefficient (Wildman–Crippen LogP) is 22.6. The average molecular weight is 1190 g/mol. The number of hydrogen-bond acceptors (Lipinski definition) is 5. The summed E-state index contributed by atoms with van der Waals surface area (Å²) in [5, 5.41) is 11.9. The quantitative estimate of drug-likeness (QED) is 0.135. The third-order valence-electron chi connectivity index (χ3n) is 19.6. The van der Waals surface area contributed by atoms with E-state index in [0.717, 1.165) is 117 Å². The SMILES string of the molecule is Cc1cccc2c1oc1c(N(c3ccc([Si](C)(C)C)cc3)c3cc4c(c5ccccc35)-c3c(cc(N(c5ccc([Si](C)(C)C)cc5)c5cccc6c5oc5c(C)cccc56)c5ccccc35)C43c4ccccc4N(c4ccccc4)c4ccccc43)cccc12. The summed E-state index contributed by atoms with van der Waals surface area (Å²) in [5.41, 5.74) is 21.8. The summed E-state index contributed by atoms with van der Waals surface area (Å²) in [5.74, 6) is 0. The maximum Gasteiger partial charge on any atom is 0.159 e. The van der Waals surface area contributed by atoms with Crippen LogP contribution in [0.4, 0.5) is 51.2 Å². The molecule has 3 heterocycles. The summed E-state index contributed by atoms with van der Waals surface area (Å²) in [6, 6.07) is 98.2. The molecule has 434 valence electrons. The van der Waals surface area contributed by atoms with E-state index < -0.39 is 21.6 Å². The van der Waals surface area contributed by atoms with Crippen LogP contribution in [0.3, 0.4) is 0 Å². The largest absolute Gasteiger partial charge is 0.454 e. The van der Waals surface area contributed by atoms with E-state index in [2.05, 4.69) is 329 Å². The van der Waals surface area contributed by atoms with E-state index in [0.29, 0.717) is 0 Å². The van der Waals surface area contributed by atoms with Crippen molar-refractivity contribution in [1.29, 1.82) is 0 Å². The molecule has 0 bridgehead atoms. The molecule has 0 saturated carbocycles. The van der Waals surface area contributed by atoms with Crippen molar-refractivity contribution in [3.63, 3.8) is 0 Å². The van der Waals surface area contributed by atoms with Crippen LogP contribution in [-0.2, 0) is 5.41 Å². The van der Waals surface area contributed by atoms with E-state index in [1.807, 2.05) is 0 Å². The van der Waals surface area contributed by atoms with Crippen LogP contribution in [0.5, 0.6) is 0 Å². The Morgan fingerprint density at radius 1 is 0.311 bits per heavy atom. The molecule has 1 aliphatic heterocycles. The van der Waals surface area contributed by atoms with Crippen molar-refractivity contribution in [1.82, 2.24) is 0 Å². The number of benzene rings is 13. The average Bonchev–Trinajstić information content (AvgIpc) is 1.45. The number of hydrogen-bond donors (Lipinski definition) is 0.